The molecule has 0 saturated heterocycles. The van der Waals surface area contributed by atoms with Crippen LogP contribution in [0.2, 0.25) is 0 Å². The largest absolute Gasteiger partial charge is 0.494 e. The molecule has 3 aromatic carbocycles. The molecule has 4 aromatic rings. The number of carbonyl (C=O) groups is 2. The Bertz CT molecular complexity index is 1300. The average molecular weight is 471 g/mol. The van der Waals surface area contributed by atoms with Gasteiger partial charge in [-0.1, -0.05) is 54.2 Å². The van der Waals surface area contributed by atoms with Crippen LogP contribution in [0.4, 0.5) is 0 Å². The van der Waals surface area contributed by atoms with Gasteiger partial charge in [0.15, 0.2) is 5.16 Å². The van der Waals surface area contributed by atoms with Crippen molar-refractivity contribution in [3.63, 3.8) is 0 Å². The minimum Gasteiger partial charge on any atom is -0.494 e. The molecule has 1 aliphatic rings. The van der Waals surface area contributed by atoms with Crippen LogP contribution in [0, 0.1) is 0 Å². The Hall–Kier alpha value is -3.91. The number of hydrogen-bond donors (Lipinski definition) is 0. The minimum atomic E-state index is -0.287. The van der Waals surface area contributed by atoms with Gasteiger partial charge in [0.2, 0.25) is 0 Å². The molecule has 5 rings (SSSR count). The molecule has 170 valence electrons. The Morgan fingerprint density at radius 3 is 2.12 bits per heavy atom. The lowest BCUT2D eigenvalue weighted by Crippen LogP contribution is -2.29. The van der Waals surface area contributed by atoms with Crippen molar-refractivity contribution in [3.05, 3.63) is 101 Å². The van der Waals surface area contributed by atoms with Gasteiger partial charge in [0.25, 0.3) is 11.8 Å². The number of fused-ring (bicyclic) bond motifs is 1. The van der Waals surface area contributed by atoms with Crippen molar-refractivity contribution in [2.75, 3.05) is 12.5 Å². The van der Waals surface area contributed by atoms with Crippen LogP contribution >= 0.6 is 11.8 Å². The summed E-state index contributed by atoms with van der Waals surface area (Å²) in [6.07, 6.45) is 0.592. The fourth-order valence-electron chi connectivity index (χ4n) is 3.88. The zero-order valence-electron chi connectivity index (χ0n) is 18.5. The second kappa shape index (κ2) is 9.52. The number of amides is 2. The van der Waals surface area contributed by atoms with Crippen LogP contribution in [-0.4, -0.2) is 44.0 Å². The maximum Gasteiger partial charge on any atom is 0.262 e. The topological polar surface area (TPSA) is 77.3 Å². The van der Waals surface area contributed by atoms with Crippen LogP contribution in [0.15, 0.2) is 84.0 Å². The van der Waals surface area contributed by atoms with Gasteiger partial charge in [-0.15, -0.1) is 10.2 Å². The molecule has 7 nitrogen and oxygen atoms in total. The summed E-state index contributed by atoms with van der Waals surface area (Å²) >= 11 is 1.31. The Labute approximate surface area is 201 Å². The number of carbonyl (C=O) groups excluding carboxylic acids is 2. The Morgan fingerprint density at radius 1 is 0.824 bits per heavy atom. The molecule has 0 saturated carbocycles. The third-order valence-corrected chi connectivity index (χ3v) is 6.42. The molecule has 0 bridgehead atoms. The van der Waals surface area contributed by atoms with Crippen LogP contribution in [0.1, 0.15) is 39.0 Å². The summed E-state index contributed by atoms with van der Waals surface area (Å²) in [7, 11) is 0. The predicted molar refractivity (Wildman–Crippen MR) is 129 cm³/mol. The lowest BCUT2D eigenvalue weighted by Gasteiger charge is -2.15. The van der Waals surface area contributed by atoms with E-state index in [1.54, 1.807) is 24.3 Å². The molecule has 0 atom stereocenters. The van der Waals surface area contributed by atoms with E-state index >= 15 is 0 Å². The number of thioether (sulfide) groups is 1. The molecule has 0 radical (unpaired) electrons. The van der Waals surface area contributed by atoms with E-state index in [4.69, 9.17) is 4.74 Å². The van der Waals surface area contributed by atoms with Crippen molar-refractivity contribution in [2.45, 2.75) is 18.5 Å². The summed E-state index contributed by atoms with van der Waals surface area (Å²) < 4.78 is 7.54. The first-order valence-corrected chi connectivity index (χ1v) is 11.9. The number of rotatable bonds is 8. The van der Waals surface area contributed by atoms with Crippen molar-refractivity contribution in [3.8, 4) is 11.4 Å². The second-order valence-electron chi connectivity index (χ2n) is 7.68. The third kappa shape index (κ3) is 4.20. The number of aromatic nitrogens is 3. The number of imide groups is 1. The van der Waals surface area contributed by atoms with Crippen LogP contribution in [0.5, 0.6) is 5.75 Å². The SMILES string of the molecule is CCOc1ccc(-n2c(Cc3ccccc3)nnc2SCN2C(=O)c3ccccc3C2=O)cc1. The Morgan fingerprint density at radius 2 is 1.47 bits per heavy atom. The number of hydrogen-bond acceptors (Lipinski definition) is 6. The molecule has 2 heterocycles. The first-order valence-electron chi connectivity index (χ1n) is 10.9. The van der Waals surface area contributed by atoms with E-state index in [0.717, 1.165) is 22.8 Å². The summed E-state index contributed by atoms with van der Waals surface area (Å²) in [5, 5.41) is 9.45. The van der Waals surface area contributed by atoms with Crippen LogP contribution < -0.4 is 4.74 Å². The van der Waals surface area contributed by atoms with Crippen molar-refractivity contribution >= 4 is 23.6 Å². The summed E-state index contributed by atoms with van der Waals surface area (Å²) in [6.45, 7) is 2.53. The zero-order chi connectivity index (χ0) is 23.5. The molecule has 8 heteroatoms. The van der Waals surface area contributed by atoms with Gasteiger partial charge in [0.1, 0.15) is 11.6 Å². The highest BCUT2D eigenvalue weighted by Gasteiger charge is 2.35. The molecule has 2 amide bonds. The van der Waals surface area contributed by atoms with E-state index in [1.807, 2.05) is 66.1 Å². The van der Waals surface area contributed by atoms with Crippen LogP contribution in [-0.2, 0) is 6.42 Å². The van der Waals surface area contributed by atoms with Gasteiger partial charge in [-0.2, -0.15) is 0 Å². The van der Waals surface area contributed by atoms with Gasteiger partial charge in [0, 0.05) is 12.1 Å². The zero-order valence-corrected chi connectivity index (χ0v) is 19.4. The quantitative estimate of drug-likeness (QED) is 0.277. The molecular weight excluding hydrogens is 448 g/mol. The maximum atomic E-state index is 12.8. The maximum absolute atomic E-state index is 12.8. The second-order valence-corrected chi connectivity index (χ2v) is 8.59. The Balaban J connectivity index is 1.44. The normalized spacial score (nSPS) is 12.8. The summed E-state index contributed by atoms with van der Waals surface area (Å²) in [5.41, 5.74) is 2.86. The summed E-state index contributed by atoms with van der Waals surface area (Å²) in [6, 6.07) is 24.7. The summed E-state index contributed by atoms with van der Waals surface area (Å²) in [4.78, 5) is 26.8. The highest BCUT2D eigenvalue weighted by atomic mass is 32.2. The molecule has 1 aliphatic heterocycles. The fourth-order valence-corrected chi connectivity index (χ4v) is 4.80. The van der Waals surface area contributed by atoms with Crippen LogP contribution in [0.25, 0.3) is 5.69 Å². The molecule has 0 spiro atoms. The van der Waals surface area contributed by atoms with Crippen LogP contribution in [0.3, 0.4) is 0 Å². The van der Waals surface area contributed by atoms with Crippen molar-refractivity contribution in [1.29, 1.82) is 0 Å². The molecule has 0 aliphatic carbocycles. The monoisotopic (exact) mass is 470 g/mol. The molecule has 34 heavy (non-hydrogen) atoms. The predicted octanol–water partition coefficient (Wildman–Crippen LogP) is 4.60. The van der Waals surface area contributed by atoms with Gasteiger partial charge in [-0.25, -0.2) is 0 Å². The first-order chi connectivity index (χ1) is 16.7. The Kier molecular flexibility index (Phi) is 6.14. The molecule has 0 N–H and O–H groups in total. The van der Waals surface area contributed by atoms with Gasteiger partial charge >= 0.3 is 0 Å². The highest BCUT2D eigenvalue weighted by Crippen LogP contribution is 2.29. The van der Waals surface area contributed by atoms with E-state index in [9.17, 15) is 9.59 Å². The van der Waals surface area contributed by atoms with E-state index in [0.29, 0.717) is 29.3 Å². The molecule has 0 unspecified atom stereocenters. The van der Waals surface area contributed by atoms with Crippen molar-refractivity contribution in [1.82, 2.24) is 19.7 Å². The number of nitrogens with zero attached hydrogens (tertiary/aromatic N) is 4. The van der Waals surface area contributed by atoms with Crippen molar-refractivity contribution in [2.24, 2.45) is 0 Å². The molecule has 0 fully saturated rings. The average Bonchev–Trinajstić information content (AvgIpc) is 3.37. The number of benzene rings is 3. The minimum absolute atomic E-state index is 0.146. The van der Waals surface area contributed by atoms with E-state index in [-0.39, 0.29) is 17.7 Å². The van der Waals surface area contributed by atoms with Gasteiger partial charge in [0.05, 0.1) is 23.6 Å². The number of ether oxygens (including phenoxy) is 1. The van der Waals surface area contributed by atoms with E-state index in [1.165, 1.54) is 16.7 Å². The van der Waals surface area contributed by atoms with E-state index < -0.39 is 0 Å². The molecule has 1 aromatic heterocycles. The van der Waals surface area contributed by atoms with Gasteiger partial charge in [-0.05, 0) is 48.9 Å². The van der Waals surface area contributed by atoms with Gasteiger partial charge in [-0.3, -0.25) is 19.1 Å². The first kappa shape index (κ1) is 21.9. The third-order valence-electron chi connectivity index (χ3n) is 5.51. The summed E-state index contributed by atoms with van der Waals surface area (Å²) in [5.74, 6) is 1.12. The lowest BCUT2D eigenvalue weighted by atomic mass is 10.1. The van der Waals surface area contributed by atoms with Gasteiger partial charge < -0.3 is 4.74 Å². The lowest BCUT2D eigenvalue weighted by molar-refractivity contribution is 0.0684. The molecular formula is C26H22N4O3S. The smallest absolute Gasteiger partial charge is 0.262 e. The fraction of sp³-hybridized carbons (Fsp3) is 0.154. The standard InChI is InChI=1S/C26H22N4O3S/c1-2-33-20-14-12-19(13-15-20)30-23(16-18-8-4-3-5-9-18)27-28-26(30)34-17-29-24(31)21-10-6-7-11-22(21)25(29)32/h3-15H,2,16-17H2,1H3. The highest BCUT2D eigenvalue weighted by molar-refractivity contribution is 7.99. The van der Waals surface area contributed by atoms with Crippen molar-refractivity contribution < 1.29 is 14.3 Å². The van der Waals surface area contributed by atoms with E-state index in [2.05, 4.69) is 10.2 Å².